The van der Waals surface area contributed by atoms with Crippen LogP contribution in [0.25, 0.3) is 0 Å². The summed E-state index contributed by atoms with van der Waals surface area (Å²) in [5.74, 6) is 0.816. The van der Waals surface area contributed by atoms with Gasteiger partial charge in [-0.1, -0.05) is 12.1 Å². The lowest BCUT2D eigenvalue weighted by molar-refractivity contribution is 0.208. The Morgan fingerprint density at radius 3 is 2.79 bits per heavy atom. The first-order valence-electron chi connectivity index (χ1n) is 4.60. The number of aliphatic hydroxyl groups is 1. The second-order valence-corrected chi connectivity index (χ2v) is 3.84. The molecule has 1 unspecified atom stereocenters. The maximum absolute atomic E-state index is 9.03. The van der Waals surface area contributed by atoms with E-state index in [2.05, 4.69) is 0 Å². The minimum atomic E-state index is -0.563. The molecule has 3 N–H and O–H groups in total. The highest BCUT2D eigenvalue weighted by Gasteiger charge is 2.17. The Bertz CT molecular complexity index is 297. The molecular weight excluding hydrogens is 178 g/mol. The molecule has 0 radical (unpaired) electrons. The van der Waals surface area contributed by atoms with Crippen molar-refractivity contribution < 1.29 is 9.84 Å². The number of nitrogens with two attached hydrogens (primary N) is 1. The van der Waals surface area contributed by atoms with Gasteiger partial charge in [0.15, 0.2) is 0 Å². The Kier molecular flexibility index (Phi) is 3.49. The number of ether oxygens (including phenoxy) is 1. The fourth-order valence-corrected chi connectivity index (χ4v) is 1.30. The van der Waals surface area contributed by atoms with E-state index >= 15 is 0 Å². The van der Waals surface area contributed by atoms with E-state index in [0.717, 1.165) is 11.3 Å². The van der Waals surface area contributed by atoms with Gasteiger partial charge in [-0.05, 0) is 31.0 Å². The molecule has 0 saturated heterocycles. The number of methoxy groups -OCH3 is 1. The van der Waals surface area contributed by atoms with Crippen LogP contribution in [0.5, 0.6) is 5.75 Å². The number of hydrogen-bond acceptors (Lipinski definition) is 3. The van der Waals surface area contributed by atoms with Crippen molar-refractivity contribution in [3.8, 4) is 5.75 Å². The van der Waals surface area contributed by atoms with Crippen LogP contribution in [0.4, 0.5) is 0 Å². The number of rotatable bonds is 4. The molecular formula is C11H17NO2. The maximum Gasteiger partial charge on any atom is 0.119 e. The molecule has 0 spiro atoms. The van der Waals surface area contributed by atoms with Crippen LogP contribution in [0.3, 0.4) is 0 Å². The summed E-state index contributed by atoms with van der Waals surface area (Å²) >= 11 is 0. The van der Waals surface area contributed by atoms with Gasteiger partial charge in [-0.15, -0.1) is 0 Å². The lowest BCUT2D eigenvalue weighted by Crippen LogP contribution is -2.42. The summed E-state index contributed by atoms with van der Waals surface area (Å²) in [6.07, 6.45) is 0.640. The Balaban J connectivity index is 2.76. The second kappa shape index (κ2) is 4.44. The molecule has 0 amide bonds. The highest BCUT2D eigenvalue weighted by Crippen LogP contribution is 2.16. The molecule has 0 heterocycles. The van der Waals surface area contributed by atoms with Crippen molar-refractivity contribution in [2.75, 3.05) is 13.7 Å². The van der Waals surface area contributed by atoms with Gasteiger partial charge in [0.2, 0.25) is 0 Å². The highest BCUT2D eigenvalue weighted by atomic mass is 16.5. The van der Waals surface area contributed by atoms with Gasteiger partial charge in [0, 0.05) is 5.54 Å². The third-order valence-electron chi connectivity index (χ3n) is 2.10. The molecule has 1 aromatic carbocycles. The van der Waals surface area contributed by atoms with Gasteiger partial charge in [-0.25, -0.2) is 0 Å². The quantitative estimate of drug-likeness (QED) is 0.752. The van der Waals surface area contributed by atoms with E-state index in [-0.39, 0.29) is 6.61 Å². The van der Waals surface area contributed by atoms with E-state index in [0.29, 0.717) is 6.42 Å². The van der Waals surface area contributed by atoms with Crippen LogP contribution in [0.2, 0.25) is 0 Å². The van der Waals surface area contributed by atoms with E-state index in [4.69, 9.17) is 15.6 Å². The molecule has 0 aromatic heterocycles. The third-order valence-corrected chi connectivity index (χ3v) is 2.10. The van der Waals surface area contributed by atoms with Crippen LogP contribution in [0, 0.1) is 0 Å². The van der Waals surface area contributed by atoms with Crippen molar-refractivity contribution in [2.24, 2.45) is 5.73 Å². The predicted octanol–water partition coefficient (Wildman–Crippen LogP) is 0.947. The van der Waals surface area contributed by atoms with Crippen LogP contribution in [-0.4, -0.2) is 24.4 Å². The SMILES string of the molecule is COc1cccc(CC(C)(N)CO)c1. The third kappa shape index (κ3) is 3.01. The van der Waals surface area contributed by atoms with E-state index < -0.39 is 5.54 Å². The Morgan fingerprint density at radius 2 is 2.21 bits per heavy atom. The molecule has 0 saturated carbocycles. The first-order chi connectivity index (χ1) is 6.57. The average Bonchev–Trinajstić information content (AvgIpc) is 2.17. The molecule has 0 aliphatic carbocycles. The first-order valence-corrected chi connectivity index (χ1v) is 4.60. The van der Waals surface area contributed by atoms with Gasteiger partial charge in [0.05, 0.1) is 13.7 Å². The molecule has 0 aliphatic heterocycles. The van der Waals surface area contributed by atoms with Crippen LogP contribution >= 0.6 is 0 Å². The molecule has 3 nitrogen and oxygen atoms in total. The second-order valence-electron chi connectivity index (χ2n) is 3.84. The molecule has 0 aliphatic rings. The van der Waals surface area contributed by atoms with E-state index in [1.165, 1.54) is 0 Å². The zero-order valence-corrected chi connectivity index (χ0v) is 8.66. The zero-order chi connectivity index (χ0) is 10.6. The molecule has 1 atom stereocenters. The number of hydrogen-bond donors (Lipinski definition) is 2. The van der Waals surface area contributed by atoms with Crippen LogP contribution < -0.4 is 10.5 Å². The van der Waals surface area contributed by atoms with E-state index in [1.54, 1.807) is 7.11 Å². The summed E-state index contributed by atoms with van der Waals surface area (Å²) < 4.78 is 5.10. The molecule has 0 bridgehead atoms. The Hall–Kier alpha value is -1.06. The van der Waals surface area contributed by atoms with Crippen LogP contribution in [0.15, 0.2) is 24.3 Å². The Labute approximate surface area is 84.5 Å². The van der Waals surface area contributed by atoms with Gasteiger partial charge >= 0.3 is 0 Å². The van der Waals surface area contributed by atoms with Crippen molar-refractivity contribution in [1.82, 2.24) is 0 Å². The highest BCUT2D eigenvalue weighted by molar-refractivity contribution is 5.29. The minimum Gasteiger partial charge on any atom is -0.497 e. The maximum atomic E-state index is 9.03. The molecule has 1 rings (SSSR count). The topological polar surface area (TPSA) is 55.5 Å². The average molecular weight is 195 g/mol. The van der Waals surface area contributed by atoms with E-state index in [1.807, 2.05) is 31.2 Å². The number of benzene rings is 1. The van der Waals surface area contributed by atoms with Gasteiger partial charge in [0.25, 0.3) is 0 Å². The largest absolute Gasteiger partial charge is 0.497 e. The normalized spacial score (nSPS) is 14.9. The van der Waals surface area contributed by atoms with Crippen molar-refractivity contribution in [1.29, 1.82) is 0 Å². The van der Waals surface area contributed by atoms with Crippen molar-refractivity contribution >= 4 is 0 Å². The lowest BCUT2D eigenvalue weighted by atomic mass is 9.95. The van der Waals surface area contributed by atoms with Gasteiger partial charge < -0.3 is 15.6 Å². The van der Waals surface area contributed by atoms with Crippen molar-refractivity contribution in [2.45, 2.75) is 18.9 Å². The summed E-state index contributed by atoms with van der Waals surface area (Å²) in [5, 5.41) is 9.03. The van der Waals surface area contributed by atoms with Gasteiger partial charge in [0.1, 0.15) is 5.75 Å². The standard InChI is InChI=1S/C11H17NO2/c1-11(12,8-13)7-9-4-3-5-10(6-9)14-2/h3-6,13H,7-8,12H2,1-2H3. The summed E-state index contributed by atoms with van der Waals surface area (Å²) in [6, 6.07) is 7.71. The summed E-state index contributed by atoms with van der Waals surface area (Å²) in [6.45, 7) is 1.80. The predicted molar refractivity (Wildman–Crippen MR) is 56.4 cm³/mol. The van der Waals surface area contributed by atoms with Gasteiger partial charge in [-0.2, -0.15) is 0 Å². The van der Waals surface area contributed by atoms with Crippen LogP contribution in [-0.2, 0) is 6.42 Å². The Morgan fingerprint density at radius 1 is 1.50 bits per heavy atom. The molecule has 1 aromatic rings. The van der Waals surface area contributed by atoms with E-state index in [9.17, 15) is 0 Å². The summed E-state index contributed by atoms with van der Waals surface area (Å²) in [7, 11) is 1.63. The summed E-state index contributed by atoms with van der Waals surface area (Å²) in [4.78, 5) is 0. The molecule has 0 fully saturated rings. The summed E-state index contributed by atoms with van der Waals surface area (Å²) in [5.41, 5.74) is 6.36. The minimum absolute atomic E-state index is 0.0236. The number of aliphatic hydroxyl groups excluding tert-OH is 1. The van der Waals surface area contributed by atoms with Crippen molar-refractivity contribution in [3.63, 3.8) is 0 Å². The fourth-order valence-electron chi connectivity index (χ4n) is 1.30. The monoisotopic (exact) mass is 195 g/mol. The smallest absolute Gasteiger partial charge is 0.119 e. The lowest BCUT2D eigenvalue weighted by Gasteiger charge is -2.21. The fraction of sp³-hybridized carbons (Fsp3) is 0.455. The first kappa shape index (κ1) is 11.0. The van der Waals surface area contributed by atoms with Crippen molar-refractivity contribution in [3.05, 3.63) is 29.8 Å². The van der Waals surface area contributed by atoms with Gasteiger partial charge in [-0.3, -0.25) is 0 Å². The molecule has 14 heavy (non-hydrogen) atoms. The molecule has 3 heteroatoms. The molecule has 78 valence electrons. The van der Waals surface area contributed by atoms with Crippen LogP contribution in [0.1, 0.15) is 12.5 Å². The zero-order valence-electron chi connectivity index (χ0n) is 8.66.